The van der Waals surface area contributed by atoms with Crippen molar-refractivity contribution in [2.24, 2.45) is 0 Å². The molecule has 0 saturated heterocycles. The lowest BCUT2D eigenvalue weighted by Gasteiger charge is -2.03. The molecule has 0 aliphatic carbocycles. The minimum absolute atomic E-state index is 0.139. The molecule has 2 aromatic rings. The van der Waals surface area contributed by atoms with Gasteiger partial charge in [0.05, 0.1) is 5.75 Å². The summed E-state index contributed by atoms with van der Waals surface area (Å²) in [6, 6.07) is 5.91. The monoisotopic (exact) mass is 281 g/mol. The second kappa shape index (κ2) is 5.70. The quantitative estimate of drug-likeness (QED) is 0.634. The van der Waals surface area contributed by atoms with Gasteiger partial charge in [0.15, 0.2) is 5.82 Å². The number of hydrogen-bond donors (Lipinski definition) is 2. The van der Waals surface area contributed by atoms with Crippen LogP contribution in [0.3, 0.4) is 0 Å². The molecule has 0 fully saturated rings. The van der Waals surface area contributed by atoms with Gasteiger partial charge in [0, 0.05) is 12.6 Å². The van der Waals surface area contributed by atoms with Gasteiger partial charge < -0.3 is 11.2 Å². The average Bonchev–Trinajstić information content (AvgIpc) is 2.77. The maximum atomic E-state index is 13.1. The van der Waals surface area contributed by atoms with Crippen LogP contribution in [0, 0.1) is 5.82 Å². The highest BCUT2D eigenvalue weighted by atomic mass is 32.2. The van der Waals surface area contributed by atoms with Gasteiger partial charge in [-0.15, -0.1) is 10.2 Å². The summed E-state index contributed by atoms with van der Waals surface area (Å²) >= 11 is 1.16. The smallest absolute Gasteiger partial charge is 0.230 e. The summed E-state index contributed by atoms with van der Waals surface area (Å²) in [4.78, 5) is 11.1. The summed E-state index contributed by atoms with van der Waals surface area (Å²) < 4.78 is 14.4. The molecule has 0 unspecified atom stereocenters. The van der Waals surface area contributed by atoms with Crippen LogP contribution in [0.5, 0.6) is 0 Å². The topological polar surface area (TPSA) is 85.8 Å². The summed E-state index contributed by atoms with van der Waals surface area (Å²) in [6.45, 7) is 0. The Morgan fingerprint density at radius 2 is 2.32 bits per heavy atom. The van der Waals surface area contributed by atoms with Gasteiger partial charge in [0.2, 0.25) is 11.1 Å². The number of halogens is 1. The third-order valence-corrected chi connectivity index (χ3v) is 3.30. The number of thioether (sulfide) groups is 1. The first-order chi connectivity index (χ1) is 9.11. The first-order valence-corrected chi connectivity index (χ1v) is 6.40. The zero-order valence-electron chi connectivity index (χ0n) is 10.1. The number of rotatable bonds is 4. The fourth-order valence-electron chi connectivity index (χ4n) is 1.40. The zero-order chi connectivity index (χ0) is 13.8. The maximum absolute atomic E-state index is 13.1. The van der Waals surface area contributed by atoms with Crippen molar-refractivity contribution >= 4 is 17.7 Å². The Labute approximate surface area is 113 Å². The number of hydrogen-bond acceptors (Lipinski definition) is 5. The molecule has 2 rings (SSSR count). The van der Waals surface area contributed by atoms with Crippen LogP contribution in [0.15, 0.2) is 29.4 Å². The molecular formula is C11H12FN5OS. The summed E-state index contributed by atoms with van der Waals surface area (Å²) in [5.74, 6) is 5.85. The zero-order valence-corrected chi connectivity index (χ0v) is 10.9. The van der Waals surface area contributed by atoms with E-state index in [0.29, 0.717) is 16.5 Å². The maximum Gasteiger partial charge on any atom is 0.230 e. The Hall–Kier alpha value is -2.09. The van der Waals surface area contributed by atoms with Crippen LogP contribution in [0.1, 0.15) is 0 Å². The normalized spacial score (nSPS) is 10.4. The first kappa shape index (κ1) is 13.3. The van der Waals surface area contributed by atoms with E-state index in [1.807, 2.05) is 0 Å². The van der Waals surface area contributed by atoms with Crippen LogP contribution in [-0.4, -0.2) is 33.6 Å². The molecule has 0 aliphatic rings. The molecule has 0 bridgehead atoms. The number of amides is 1. The van der Waals surface area contributed by atoms with Gasteiger partial charge >= 0.3 is 0 Å². The molecule has 0 aliphatic heterocycles. The van der Waals surface area contributed by atoms with E-state index < -0.39 is 0 Å². The molecule has 0 atom stereocenters. The summed E-state index contributed by atoms with van der Waals surface area (Å²) in [7, 11) is 1.55. The number of carbonyl (C=O) groups excluding carboxylic acids is 1. The third kappa shape index (κ3) is 3.02. The van der Waals surface area contributed by atoms with E-state index in [4.69, 9.17) is 5.84 Å². The molecule has 6 nitrogen and oxygen atoms in total. The number of benzene rings is 1. The van der Waals surface area contributed by atoms with Crippen LogP contribution >= 0.6 is 11.8 Å². The van der Waals surface area contributed by atoms with Crippen molar-refractivity contribution in [1.29, 1.82) is 0 Å². The minimum atomic E-state index is -0.375. The highest BCUT2D eigenvalue weighted by Gasteiger charge is 2.13. The van der Waals surface area contributed by atoms with Crippen molar-refractivity contribution in [3.05, 3.63) is 30.1 Å². The van der Waals surface area contributed by atoms with E-state index in [-0.39, 0.29) is 17.5 Å². The molecule has 0 spiro atoms. The number of nitrogens with zero attached hydrogens (tertiary/aromatic N) is 3. The van der Waals surface area contributed by atoms with Crippen molar-refractivity contribution < 1.29 is 9.18 Å². The number of aromatic nitrogens is 3. The molecule has 3 N–H and O–H groups in total. The van der Waals surface area contributed by atoms with Crippen molar-refractivity contribution in [3.63, 3.8) is 0 Å². The Kier molecular flexibility index (Phi) is 4.00. The predicted molar refractivity (Wildman–Crippen MR) is 70.4 cm³/mol. The predicted octanol–water partition coefficient (Wildman–Crippen LogP) is 0.636. The van der Waals surface area contributed by atoms with Crippen LogP contribution < -0.4 is 11.2 Å². The standard InChI is InChI=1S/C11H12FN5OS/c1-14-9(18)6-19-11-16-15-10(17(11)13)7-3-2-4-8(12)5-7/h2-5H,6,13H2,1H3,(H,14,18). The fraction of sp³-hybridized carbons (Fsp3) is 0.182. The molecule has 1 aromatic heterocycles. The van der Waals surface area contributed by atoms with Crippen LogP contribution in [-0.2, 0) is 4.79 Å². The molecule has 1 amide bonds. The lowest BCUT2D eigenvalue weighted by molar-refractivity contribution is -0.118. The Bertz CT molecular complexity index is 601. The van der Waals surface area contributed by atoms with Gasteiger partial charge in [-0.25, -0.2) is 9.07 Å². The highest BCUT2D eigenvalue weighted by molar-refractivity contribution is 7.99. The van der Waals surface area contributed by atoms with E-state index >= 15 is 0 Å². The highest BCUT2D eigenvalue weighted by Crippen LogP contribution is 2.21. The Morgan fingerprint density at radius 3 is 3.00 bits per heavy atom. The van der Waals surface area contributed by atoms with Crippen LogP contribution in [0.4, 0.5) is 4.39 Å². The van der Waals surface area contributed by atoms with Gasteiger partial charge in [-0.05, 0) is 12.1 Å². The van der Waals surface area contributed by atoms with E-state index in [1.165, 1.54) is 16.8 Å². The number of nitrogen functional groups attached to an aromatic ring is 1. The Morgan fingerprint density at radius 1 is 1.53 bits per heavy atom. The third-order valence-electron chi connectivity index (χ3n) is 2.36. The summed E-state index contributed by atoms with van der Waals surface area (Å²) in [6.07, 6.45) is 0. The van der Waals surface area contributed by atoms with Gasteiger partial charge in [0.1, 0.15) is 5.82 Å². The number of nitrogens with two attached hydrogens (primary N) is 1. The minimum Gasteiger partial charge on any atom is -0.358 e. The molecule has 8 heteroatoms. The lowest BCUT2D eigenvalue weighted by Crippen LogP contribution is -2.20. The first-order valence-electron chi connectivity index (χ1n) is 5.41. The molecule has 0 saturated carbocycles. The molecule has 0 radical (unpaired) electrons. The van der Waals surface area contributed by atoms with Crippen molar-refractivity contribution in [2.45, 2.75) is 5.16 Å². The van der Waals surface area contributed by atoms with Crippen molar-refractivity contribution in [2.75, 3.05) is 18.6 Å². The largest absolute Gasteiger partial charge is 0.358 e. The number of nitrogens with one attached hydrogen (secondary N) is 1. The second-order valence-corrected chi connectivity index (χ2v) is 4.59. The van der Waals surface area contributed by atoms with Gasteiger partial charge in [-0.2, -0.15) is 0 Å². The van der Waals surface area contributed by atoms with Crippen LogP contribution in [0.2, 0.25) is 0 Å². The van der Waals surface area contributed by atoms with Crippen LogP contribution in [0.25, 0.3) is 11.4 Å². The van der Waals surface area contributed by atoms with Crippen molar-refractivity contribution in [3.8, 4) is 11.4 Å². The van der Waals surface area contributed by atoms with Gasteiger partial charge in [-0.3, -0.25) is 4.79 Å². The molecule has 1 heterocycles. The molecular weight excluding hydrogens is 269 g/mol. The van der Waals surface area contributed by atoms with Gasteiger partial charge in [0.25, 0.3) is 0 Å². The SMILES string of the molecule is CNC(=O)CSc1nnc(-c2cccc(F)c2)n1N. The van der Waals surface area contributed by atoms with E-state index in [9.17, 15) is 9.18 Å². The van der Waals surface area contributed by atoms with Gasteiger partial charge in [-0.1, -0.05) is 23.9 Å². The number of carbonyl (C=O) groups is 1. The van der Waals surface area contributed by atoms with Crippen molar-refractivity contribution in [1.82, 2.24) is 20.2 Å². The lowest BCUT2D eigenvalue weighted by atomic mass is 10.2. The molecule has 19 heavy (non-hydrogen) atoms. The van der Waals surface area contributed by atoms with E-state index in [2.05, 4.69) is 15.5 Å². The van der Waals surface area contributed by atoms with E-state index in [0.717, 1.165) is 11.8 Å². The Balaban J connectivity index is 2.21. The average molecular weight is 281 g/mol. The molecule has 100 valence electrons. The van der Waals surface area contributed by atoms with E-state index in [1.54, 1.807) is 19.2 Å². The summed E-state index contributed by atoms with van der Waals surface area (Å²) in [5, 5.41) is 10.7. The summed E-state index contributed by atoms with van der Waals surface area (Å²) in [5.41, 5.74) is 0.529. The second-order valence-electron chi connectivity index (χ2n) is 3.65. The fourth-order valence-corrected chi connectivity index (χ4v) is 2.13. The molecule has 1 aromatic carbocycles.